The van der Waals surface area contributed by atoms with E-state index in [2.05, 4.69) is 42.6 Å². The summed E-state index contributed by atoms with van der Waals surface area (Å²) in [7, 11) is 0. The Morgan fingerprint density at radius 2 is 2.12 bits per heavy atom. The Balaban J connectivity index is 2.11. The molecule has 0 aliphatic carbocycles. The Morgan fingerprint density at radius 1 is 1.35 bits per heavy atom. The molecule has 90 valence electrons. The van der Waals surface area contributed by atoms with Gasteiger partial charge in [-0.05, 0) is 39.2 Å². The first-order valence-corrected chi connectivity index (χ1v) is 6.27. The average molecular weight is 228 g/mol. The molecule has 0 radical (unpaired) electrons. The second-order valence-electron chi connectivity index (χ2n) is 5.60. The summed E-state index contributed by atoms with van der Waals surface area (Å²) in [6, 6.07) is 11.8. The minimum absolute atomic E-state index is 0.279. The summed E-state index contributed by atoms with van der Waals surface area (Å²) in [5, 5.41) is 12.8. The lowest BCUT2D eigenvalue weighted by molar-refractivity contribution is 0.341. The van der Waals surface area contributed by atoms with E-state index in [9.17, 15) is 0 Å². The van der Waals surface area contributed by atoms with Gasteiger partial charge in [-0.15, -0.1) is 0 Å². The zero-order valence-corrected chi connectivity index (χ0v) is 10.8. The van der Waals surface area contributed by atoms with Crippen LogP contribution >= 0.6 is 0 Å². The van der Waals surface area contributed by atoms with Gasteiger partial charge in [0.05, 0.1) is 11.5 Å². The first-order valence-electron chi connectivity index (χ1n) is 6.27. The Labute approximate surface area is 104 Å². The zero-order chi connectivity index (χ0) is 12.5. The minimum atomic E-state index is -0.279. The van der Waals surface area contributed by atoms with E-state index < -0.39 is 0 Å². The molecule has 1 N–H and O–H groups in total. The second kappa shape index (κ2) is 4.50. The van der Waals surface area contributed by atoms with Gasteiger partial charge in [0, 0.05) is 12.1 Å². The van der Waals surface area contributed by atoms with Crippen LogP contribution in [0.25, 0.3) is 0 Å². The van der Waals surface area contributed by atoms with Crippen LogP contribution < -0.4 is 5.32 Å². The first kappa shape index (κ1) is 12.1. The molecule has 1 aromatic carbocycles. The largest absolute Gasteiger partial charge is 0.306 e. The fraction of sp³-hybridized carbons (Fsp3) is 0.533. The molecular weight excluding hydrogens is 208 g/mol. The van der Waals surface area contributed by atoms with Crippen molar-refractivity contribution in [3.63, 3.8) is 0 Å². The average Bonchev–Trinajstić information content (AvgIpc) is 2.79. The monoisotopic (exact) mass is 228 g/mol. The highest BCUT2D eigenvalue weighted by molar-refractivity contribution is 5.26. The van der Waals surface area contributed by atoms with E-state index in [-0.39, 0.29) is 5.41 Å². The molecule has 2 rings (SSSR count). The zero-order valence-electron chi connectivity index (χ0n) is 10.8. The van der Waals surface area contributed by atoms with Crippen LogP contribution in [0, 0.1) is 23.7 Å². The summed E-state index contributed by atoms with van der Waals surface area (Å²) in [5.74, 6) is 0. The highest BCUT2D eigenvalue weighted by atomic mass is 15.0. The molecule has 1 aliphatic rings. The van der Waals surface area contributed by atoms with Gasteiger partial charge in [-0.25, -0.2) is 0 Å². The number of aryl methyl sites for hydroxylation is 1. The second-order valence-corrected chi connectivity index (χ2v) is 5.60. The summed E-state index contributed by atoms with van der Waals surface area (Å²) in [5.41, 5.74) is 2.37. The lowest BCUT2D eigenvalue weighted by Crippen LogP contribution is -2.37. The molecule has 1 saturated heterocycles. The van der Waals surface area contributed by atoms with Gasteiger partial charge < -0.3 is 5.32 Å². The van der Waals surface area contributed by atoms with Crippen molar-refractivity contribution in [2.45, 2.75) is 45.7 Å². The fourth-order valence-electron chi connectivity index (χ4n) is 2.54. The van der Waals surface area contributed by atoms with Gasteiger partial charge in [-0.1, -0.05) is 29.8 Å². The molecule has 17 heavy (non-hydrogen) atoms. The summed E-state index contributed by atoms with van der Waals surface area (Å²) in [4.78, 5) is 0. The fourth-order valence-corrected chi connectivity index (χ4v) is 2.54. The Morgan fingerprint density at radius 3 is 2.76 bits per heavy atom. The van der Waals surface area contributed by atoms with Crippen LogP contribution in [0.2, 0.25) is 0 Å². The number of rotatable bonds is 2. The molecule has 0 spiro atoms. The molecular formula is C15H20N2. The maximum atomic E-state index is 9.17. The molecule has 0 amide bonds. The highest BCUT2D eigenvalue weighted by Crippen LogP contribution is 2.34. The number of benzene rings is 1. The third kappa shape index (κ3) is 2.50. The quantitative estimate of drug-likeness (QED) is 0.842. The molecule has 2 heteroatoms. The molecule has 0 bridgehead atoms. The number of nitriles is 1. The van der Waals surface area contributed by atoms with Crippen molar-refractivity contribution in [2.24, 2.45) is 5.41 Å². The molecule has 0 aromatic heterocycles. The van der Waals surface area contributed by atoms with Crippen molar-refractivity contribution in [2.75, 3.05) is 0 Å². The molecule has 1 aromatic rings. The number of hydrogen-bond donors (Lipinski definition) is 1. The standard InChI is InChI=1S/C15H20N2/c1-11-5-4-6-12(9-11)13-7-8-14(17-13)15(2,3)10-16/h4-6,9,13-14,17H,7-8H2,1-3H3/t13-,14+/m0/s1. The Kier molecular flexibility index (Phi) is 3.22. The molecule has 2 atom stereocenters. The van der Waals surface area contributed by atoms with E-state index in [0.717, 1.165) is 12.8 Å². The number of nitrogens with one attached hydrogen (secondary N) is 1. The van der Waals surface area contributed by atoms with Crippen LogP contribution in [0.3, 0.4) is 0 Å². The van der Waals surface area contributed by atoms with E-state index >= 15 is 0 Å². The summed E-state index contributed by atoms with van der Waals surface area (Å²) >= 11 is 0. The van der Waals surface area contributed by atoms with Crippen molar-refractivity contribution in [3.8, 4) is 6.07 Å². The first-order chi connectivity index (χ1) is 8.03. The van der Waals surface area contributed by atoms with Crippen LogP contribution in [0.1, 0.15) is 43.9 Å². The Bertz CT molecular complexity index is 442. The SMILES string of the molecule is Cc1cccc([C@@H]2CC[C@H](C(C)(C)C#N)N2)c1. The summed E-state index contributed by atoms with van der Waals surface area (Å²) in [6.45, 7) is 6.15. The molecule has 1 fully saturated rings. The molecule has 0 saturated carbocycles. The van der Waals surface area contributed by atoms with E-state index in [4.69, 9.17) is 5.26 Å². The van der Waals surface area contributed by atoms with Crippen LogP contribution in [-0.4, -0.2) is 6.04 Å². The van der Waals surface area contributed by atoms with Gasteiger partial charge in [0.2, 0.25) is 0 Å². The van der Waals surface area contributed by atoms with E-state index in [1.807, 2.05) is 13.8 Å². The maximum absolute atomic E-state index is 9.17. The van der Waals surface area contributed by atoms with Gasteiger partial charge in [0.1, 0.15) is 0 Å². The maximum Gasteiger partial charge on any atom is 0.0700 e. The lowest BCUT2D eigenvalue weighted by Gasteiger charge is -2.25. The van der Waals surface area contributed by atoms with Gasteiger partial charge in [-0.2, -0.15) is 5.26 Å². The third-order valence-corrected chi connectivity index (χ3v) is 3.75. The van der Waals surface area contributed by atoms with Gasteiger partial charge in [0.25, 0.3) is 0 Å². The molecule has 1 aliphatic heterocycles. The number of nitrogens with zero attached hydrogens (tertiary/aromatic N) is 1. The molecule has 2 nitrogen and oxygen atoms in total. The number of hydrogen-bond acceptors (Lipinski definition) is 2. The molecule has 1 heterocycles. The lowest BCUT2D eigenvalue weighted by atomic mass is 9.85. The van der Waals surface area contributed by atoms with Crippen LogP contribution in [0.15, 0.2) is 24.3 Å². The summed E-state index contributed by atoms with van der Waals surface area (Å²) < 4.78 is 0. The van der Waals surface area contributed by atoms with Crippen LogP contribution in [-0.2, 0) is 0 Å². The highest BCUT2D eigenvalue weighted by Gasteiger charge is 2.36. The summed E-state index contributed by atoms with van der Waals surface area (Å²) in [6.07, 6.45) is 2.21. The van der Waals surface area contributed by atoms with Crippen molar-refractivity contribution in [1.29, 1.82) is 5.26 Å². The van der Waals surface area contributed by atoms with E-state index in [1.54, 1.807) is 0 Å². The topological polar surface area (TPSA) is 35.8 Å². The van der Waals surface area contributed by atoms with Crippen LogP contribution in [0.5, 0.6) is 0 Å². The third-order valence-electron chi connectivity index (χ3n) is 3.75. The minimum Gasteiger partial charge on any atom is -0.306 e. The van der Waals surface area contributed by atoms with Gasteiger partial charge >= 0.3 is 0 Å². The van der Waals surface area contributed by atoms with E-state index in [0.29, 0.717) is 12.1 Å². The predicted molar refractivity (Wildman–Crippen MR) is 69.5 cm³/mol. The Hall–Kier alpha value is -1.33. The van der Waals surface area contributed by atoms with Gasteiger partial charge in [0.15, 0.2) is 0 Å². The van der Waals surface area contributed by atoms with Crippen molar-refractivity contribution >= 4 is 0 Å². The van der Waals surface area contributed by atoms with Gasteiger partial charge in [-0.3, -0.25) is 0 Å². The van der Waals surface area contributed by atoms with Crippen LogP contribution in [0.4, 0.5) is 0 Å². The smallest absolute Gasteiger partial charge is 0.0700 e. The molecule has 0 unspecified atom stereocenters. The van der Waals surface area contributed by atoms with Crippen molar-refractivity contribution in [3.05, 3.63) is 35.4 Å². The van der Waals surface area contributed by atoms with E-state index in [1.165, 1.54) is 11.1 Å². The predicted octanol–water partition coefficient (Wildman–Crippen LogP) is 3.34. The normalized spacial score (nSPS) is 24.6. The van der Waals surface area contributed by atoms with Crippen molar-refractivity contribution in [1.82, 2.24) is 5.32 Å². The van der Waals surface area contributed by atoms with Crippen molar-refractivity contribution < 1.29 is 0 Å².